The highest BCUT2D eigenvalue weighted by atomic mass is 32.2. The van der Waals surface area contributed by atoms with Crippen molar-refractivity contribution in [2.45, 2.75) is 31.8 Å². The smallest absolute Gasteiger partial charge is 0.282 e. The lowest BCUT2D eigenvalue weighted by Gasteiger charge is -2.34. The van der Waals surface area contributed by atoms with Crippen LogP contribution in [0.15, 0.2) is 5.16 Å². The molecule has 0 spiro atoms. The summed E-state index contributed by atoms with van der Waals surface area (Å²) < 4.78 is 33.4. The molecule has 0 amide bonds. The second kappa shape index (κ2) is 6.70. The van der Waals surface area contributed by atoms with E-state index in [2.05, 4.69) is 5.16 Å². The minimum Gasteiger partial charge on any atom is -0.409 e. The number of amidine groups is 1. The average molecular weight is 306 g/mol. The fraction of sp³-hybridized carbons (Fsp3) is 0.909. The molecule has 3 N–H and O–H groups in total. The first-order valence-corrected chi connectivity index (χ1v) is 8.29. The normalized spacial score (nSPS) is 28.2. The highest BCUT2D eigenvalue weighted by Crippen LogP contribution is 2.18. The number of hydrogen-bond acceptors (Lipinski definition) is 5. The Morgan fingerprint density at radius 1 is 1.15 bits per heavy atom. The minimum atomic E-state index is -3.49. The quantitative estimate of drug-likeness (QED) is 0.318. The van der Waals surface area contributed by atoms with E-state index in [1.54, 1.807) is 0 Å². The summed E-state index contributed by atoms with van der Waals surface area (Å²) in [5.41, 5.74) is 5.50. The van der Waals surface area contributed by atoms with Gasteiger partial charge in [0.2, 0.25) is 0 Å². The van der Waals surface area contributed by atoms with Gasteiger partial charge in [-0.25, -0.2) is 0 Å². The monoisotopic (exact) mass is 306 g/mol. The van der Waals surface area contributed by atoms with E-state index in [-0.39, 0.29) is 19.0 Å². The molecule has 2 rings (SSSR count). The van der Waals surface area contributed by atoms with Crippen molar-refractivity contribution in [1.82, 2.24) is 8.61 Å². The topological polar surface area (TPSA) is 108 Å². The highest BCUT2D eigenvalue weighted by molar-refractivity contribution is 7.86. The number of ether oxygens (including phenoxy) is 1. The fourth-order valence-corrected chi connectivity index (χ4v) is 4.19. The van der Waals surface area contributed by atoms with Gasteiger partial charge in [-0.1, -0.05) is 18.0 Å². The third-order valence-corrected chi connectivity index (χ3v) is 5.69. The molecule has 0 aromatic carbocycles. The van der Waals surface area contributed by atoms with E-state index in [1.165, 1.54) is 8.61 Å². The summed E-state index contributed by atoms with van der Waals surface area (Å²) in [5.74, 6) is -0.0965. The van der Waals surface area contributed by atoms with Crippen LogP contribution in [0.4, 0.5) is 0 Å². The highest BCUT2D eigenvalue weighted by Gasteiger charge is 2.35. The molecule has 8 nitrogen and oxygen atoms in total. The number of rotatable bonds is 3. The van der Waals surface area contributed by atoms with Crippen LogP contribution in [0.5, 0.6) is 0 Å². The zero-order valence-electron chi connectivity index (χ0n) is 11.4. The Morgan fingerprint density at radius 2 is 1.80 bits per heavy atom. The summed E-state index contributed by atoms with van der Waals surface area (Å²) in [6, 6.07) is 0. The number of oxime groups is 1. The molecule has 116 valence electrons. The van der Waals surface area contributed by atoms with Crippen molar-refractivity contribution in [3.63, 3.8) is 0 Å². The molecule has 9 heteroatoms. The van der Waals surface area contributed by atoms with Crippen LogP contribution in [-0.2, 0) is 14.9 Å². The molecule has 2 saturated heterocycles. The van der Waals surface area contributed by atoms with Gasteiger partial charge in [0.05, 0.1) is 6.61 Å². The maximum absolute atomic E-state index is 12.6. The average Bonchev–Trinajstić information content (AvgIpc) is 2.76. The lowest BCUT2D eigenvalue weighted by Crippen LogP contribution is -2.54. The van der Waals surface area contributed by atoms with Gasteiger partial charge in [0.15, 0.2) is 5.84 Å². The van der Waals surface area contributed by atoms with E-state index >= 15 is 0 Å². The number of nitrogens with two attached hydrogens (primary N) is 1. The molecular weight excluding hydrogens is 284 g/mol. The van der Waals surface area contributed by atoms with Crippen LogP contribution in [0.25, 0.3) is 0 Å². The van der Waals surface area contributed by atoms with Gasteiger partial charge >= 0.3 is 0 Å². The molecule has 1 unspecified atom stereocenters. The molecular formula is C11H22N4O4S. The zero-order chi connectivity index (χ0) is 14.6. The maximum Gasteiger partial charge on any atom is 0.282 e. The molecule has 2 heterocycles. The second-order valence-electron chi connectivity index (χ2n) is 5.06. The third kappa shape index (κ3) is 3.40. The van der Waals surface area contributed by atoms with E-state index in [9.17, 15) is 8.42 Å². The van der Waals surface area contributed by atoms with Gasteiger partial charge in [-0.05, 0) is 12.8 Å². The first kappa shape index (κ1) is 15.5. The Labute approximate surface area is 119 Å². The Hall–Kier alpha value is -0.900. The van der Waals surface area contributed by atoms with Crippen LogP contribution in [0.2, 0.25) is 0 Å². The van der Waals surface area contributed by atoms with E-state index in [0.717, 1.165) is 25.7 Å². The number of nitrogens with zero attached hydrogens (tertiary/aromatic N) is 3. The van der Waals surface area contributed by atoms with Gasteiger partial charge in [0.25, 0.3) is 10.2 Å². The van der Waals surface area contributed by atoms with Crippen molar-refractivity contribution >= 4 is 16.0 Å². The molecule has 0 aliphatic carbocycles. The van der Waals surface area contributed by atoms with Crippen molar-refractivity contribution in [3.8, 4) is 0 Å². The van der Waals surface area contributed by atoms with E-state index in [4.69, 9.17) is 15.7 Å². The van der Waals surface area contributed by atoms with Crippen LogP contribution in [0.3, 0.4) is 0 Å². The predicted molar refractivity (Wildman–Crippen MR) is 73.7 cm³/mol. The number of morpholine rings is 1. The van der Waals surface area contributed by atoms with E-state index in [0.29, 0.717) is 19.6 Å². The van der Waals surface area contributed by atoms with Crippen molar-refractivity contribution in [3.05, 3.63) is 0 Å². The zero-order valence-corrected chi connectivity index (χ0v) is 12.3. The summed E-state index contributed by atoms with van der Waals surface area (Å²) in [5, 5.41) is 11.6. The van der Waals surface area contributed by atoms with Crippen molar-refractivity contribution in [2.75, 3.05) is 32.8 Å². The van der Waals surface area contributed by atoms with Crippen LogP contribution >= 0.6 is 0 Å². The van der Waals surface area contributed by atoms with Gasteiger partial charge in [-0.3, -0.25) is 0 Å². The predicted octanol–water partition coefficient (Wildman–Crippen LogP) is -0.446. The first-order chi connectivity index (χ1) is 9.55. The van der Waals surface area contributed by atoms with Crippen LogP contribution in [0, 0.1) is 0 Å². The summed E-state index contributed by atoms with van der Waals surface area (Å²) in [4.78, 5) is 0. The van der Waals surface area contributed by atoms with E-state index in [1.807, 2.05) is 0 Å². The van der Waals surface area contributed by atoms with Gasteiger partial charge < -0.3 is 15.7 Å². The van der Waals surface area contributed by atoms with Crippen molar-refractivity contribution < 1.29 is 18.4 Å². The van der Waals surface area contributed by atoms with Crippen LogP contribution < -0.4 is 5.73 Å². The Bertz CT molecular complexity index is 445. The standard InChI is InChI=1S/C11H22N4O4S/c12-11(13-16)10-9-15(7-8-19-10)20(17,18)14-5-3-1-2-4-6-14/h10,16H,1-9H2,(H2,12,13). The molecule has 2 aliphatic heterocycles. The van der Waals surface area contributed by atoms with Crippen LogP contribution in [-0.4, -0.2) is 67.0 Å². The Balaban J connectivity index is 2.08. The third-order valence-electron chi connectivity index (χ3n) is 3.69. The van der Waals surface area contributed by atoms with Gasteiger partial charge in [-0.15, -0.1) is 0 Å². The number of hydrogen-bond donors (Lipinski definition) is 2. The second-order valence-corrected chi connectivity index (χ2v) is 6.99. The Kier molecular flexibility index (Phi) is 5.19. The SMILES string of the molecule is NC(=NO)C1CN(S(=O)(=O)N2CCCCCC2)CCO1. The van der Waals surface area contributed by atoms with Gasteiger partial charge in [-0.2, -0.15) is 17.0 Å². The summed E-state index contributed by atoms with van der Waals surface area (Å²) in [7, 11) is -3.49. The molecule has 0 saturated carbocycles. The fourth-order valence-electron chi connectivity index (χ4n) is 2.51. The molecule has 2 aliphatic rings. The molecule has 2 fully saturated rings. The lowest BCUT2D eigenvalue weighted by atomic mass is 10.2. The van der Waals surface area contributed by atoms with Gasteiger partial charge in [0.1, 0.15) is 6.10 Å². The molecule has 0 bridgehead atoms. The van der Waals surface area contributed by atoms with Gasteiger partial charge in [0, 0.05) is 26.2 Å². The lowest BCUT2D eigenvalue weighted by molar-refractivity contribution is 0.0333. The molecule has 0 aromatic rings. The van der Waals surface area contributed by atoms with Crippen molar-refractivity contribution in [1.29, 1.82) is 0 Å². The minimum absolute atomic E-state index is 0.0920. The summed E-state index contributed by atoms with van der Waals surface area (Å²) >= 11 is 0. The van der Waals surface area contributed by atoms with Crippen molar-refractivity contribution in [2.24, 2.45) is 10.9 Å². The van der Waals surface area contributed by atoms with Crippen LogP contribution in [0.1, 0.15) is 25.7 Å². The van der Waals surface area contributed by atoms with E-state index < -0.39 is 16.3 Å². The first-order valence-electron chi connectivity index (χ1n) is 6.90. The molecule has 0 radical (unpaired) electrons. The summed E-state index contributed by atoms with van der Waals surface area (Å²) in [6.45, 7) is 1.76. The molecule has 20 heavy (non-hydrogen) atoms. The largest absolute Gasteiger partial charge is 0.409 e. The summed E-state index contributed by atoms with van der Waals surface area (Å²) in [6.07, 6.45) is 3.25. The molecule has 1 atom stereocenters. The maximum atomic E-state index is 12.6. The Morgan fingerprint density at radius 3 is 2.40 bits per heavy atom. The molecule has 0 aromatic heterocycles.